The van der Waals surface area contributed by atoms with Gasteiger partial charge in [-0.3, -0.25) is 4.99 Å². The van der Waals surface area contributed by atoms with E-state index in [9.17, 15) is 5.11 Å². The second-order valence-corrected chi connectivity index (χ2v) is 3.08. The van der Waals surface area contributed by atoms with Gasteiger partial charge in [0, 0.05) is 11.8 Å². The first-order chi connectivity index (χ1) is 7.27. The Morgan fingerprint density at radius 3 is 2.73 bits per heavy atom. The van der Waals surface area contributed by atoms with Gasteiger partial charge in [-0.05, 0) is 18.6 Å². The molecule has 3 heteroatoms. The number of phenols is 1. The van der Waals surface area contributed by atoms with E-state index in [0.29, 0.717) is 11.3 Å². The van der Waals surface area contributed by atoms with Crippen molar-refractivity contribution in [2.24, 2.45) is 4.99 Å². The Morgan fingerprint density at radius 1 is 1.40 bits per heavy atom. The van der Waals surface area contributed by atoms with E-state index in [2.05, 4.69) is 4.99 Å². The summed E-state index contributed by atoms with van der Waals surface area (Å²) >= 11 is 0. The Balaban J connectivity index is 2.81. The molecule has 1 aromatic rings. The number of aliphatic hydroxyl groups excluding tert-OH is 1. The molecule has 0 atom stereocenters. The van der Waals surface area contributed by atoms with Gasteiger partial charge in [-0.2, -0.15) is 0 Å². The van der Waals surface area contributed by atoms with Crippen LogP contribution in [0.4, 0.5) is 0 Å². The third kappa shape index (κ3) is 3.56. The zero-order valence-corrected chi connectivity index (χ0v) is 8.72. The molecule has 0 radical (unpaired) electrons. The molecule has 2 N–H and O–H groups in total. The van der Waals surface area contributed by atoms with Crippen LogP contribution in [0.15, 0.2) is 41.0 Å². The molecular formula is C12H15NO2. The Labute approximate surface area is 89.4 Å². The van der Waals surface area contributed by atoms with E-state index in [1.165, 1.54) is 0 Å². The number of aromatic hydroxyl groups is 1. The van der Waals surface area contributed by atoms with Crippen LogP contribution in [0.3, 0.4) is 0 Å². The fraction of sp³-hybridized carbons (Fsp3) is 0.250. The van der Waals surface area contributed by atoms with Crippen molar-refractivity contribution in [1.29, 1.82) is 0 Å². The van der Waals surface area contributed by atoms with Gasteiger partial charge < -0.3 is 10.2 Å². The predicted octanol–water partition coefficient (Wildman–Crippen LogP) is 2.10. The Morgan fingerprint density at radius 2 is 2.13 bits per heavy atom. The molecule has 0 saturated carbocycles. The van der Waals surface area contributed by atoms with E-state index in [4.69, 9.17) is 5.11 Å². The van der Waals surface area contributed by atoms with Crippen LogP contribution < -0.4 is 0 Å². The molecule has 0 aromatic heterocycles. The van der Waals surface area contributed by atoms with Crippen LogP contribution in [0.1, 0.15) is 18.9 Å². The first kappa shape index (κ1) is 11.5. The third-order valence-electron chi connectivity index (χ3n) is 1.91. The first-order valence-electron chi connectivity index (χ1n) is 4.90. The molecule has 0 heterocycles. The van der Waals surface area contributed by atoms with Crippen LogP contribution in [0.5, 0.6) is 5.75 Å². The van der Waals surface area contributed by atoms with Gasteiger partial charge in [0.05, 0.1) is 12.3 Å². The zero-order valence-electron chi connectivity index (χ0n) is 8.72. The van der Waals surface area contributed by atoms with E-state index < -0.39 is 0 Å². The number of nitrogens with zero attached hydrogens (tertiary/aromatic N) is 1. The summed E-state index contributed by atoms with van der Waals surface area (Å²) in [7, 11) is 0. The van der Waals surface area contributed by atoms with Gasteiger partial charge in [0.15, 0.2) is 0 Å². The minimum absolute atomic E-state index is 0.0854. The average molecular weight is 205 g/mol. The van der Waals surface area contributed by atoms with Crippen LogP contribution in [-0.4, -0.2) is 23.0 Å². The topological polar surface area (TPSA) is 52.8 Å². The summed E-state index contributed by atoms with van der Waals surface area (Å²) < 4.78 is 0. The quantitative estimate of drug-likeness (QED) is 0.739. The summed E-state index contributed by atoms with van der Waals surface area (Å²) in [5.74, 6) is 0.190. The molecule has 0 amide bonds. The number of aliphatic imine (C=N–C) groups is 1. The summed E-state index contributed by atoms with van der Waals surface area (Å²) in [4.78, 5) is 4.09. The lowest BCUT2D eigenvalue weighted by atomic mass is 10.2. The van der Waals surface area contributed by atoms with Crippen molar-refractivity contribution in [3.63, 3.8) is 0 Å². The first-order valence-corrected chi connectivity index (χ1v) is 4.90. The lowest BCUT2D eigenvalue weighted by molar-refractivity contribution is 0.329. The summed E-state index contributed by atoms with van der Waals surface area (Å²) in [5, 5.41) is 18.4. The largest absolute Gasteiger partial charge is 0.507 e. The Bertz CT molecular complexity index is 370. The Hall–Kier alpha value is -1.61. The van der Waals surface area contributed by atoms with E-state index >= 15 is 0 Å². The molecule has 0 bridgehead atoms. The van der Waals surface area contributed by atoms with Crippen molar-refractivity contribution < 1.29 is 10.2 Å². The fourth-order valence-electron chi connectivity index (χ4n) is 1.14. The lowest BCUT2D eigenvalue weighted by Gasteiger charge is -1.98. The van der Waals surface area contributed by atoms with E-state index in [1.807, 2.05) is 19.1 Å². The smallest absolute Gasteiger partial charge is 0.124 e. The molecule has 1 aromatic carbocycles. The summed E-state index contributed by atoms with van der Waals surface area (Å²) in [6.45, 7) is 1.89. The van der Waals surface area contributed by atoms with Crippen LogP contribution in [0, 0.1) is 0 Å². The van der Waals surface area contributed by atoms with E-state index in [-0.39, 0.29) is 12.4 Å². The monoisotopic (exact) mass is 205 g/mol. The molecule has 1 rings (SSSR count). The maximum atomic E-state index is 9.45. The number of benzene rings is 1. The third-order valence-corrected chi connectivity index (χ3v) is 1.91. The van der Waals surface area contributed by atoms with Crippen molar-refractivity contribution in [2.75, 3.05) is 6.61 Å². The van der Waals surface area contributed by atoms with Crippen LogP contribution in [0.2, 0.25) is 0 Å². The molecular weight excluding hydrogens is 190 g/mol. The summed E-state index contributed by atoms with van der Waals surface area (Å²) in [6.07, 6.45) is 4.22. The molecule has 0 fully saturated rings. The number of hydrogen-bond acceptors (Lipinski definition) is 3. The van der Waals surface area contributed by atoms with Gasteiger partial charge in [0.25, 0.3) is 0 Å². The highest BCUT2D eigenvalue weighted by Gasteiger charge is 1.95. The molecule has 0 saturated heterocycles. The Kier molecular flexibility index (Phi) is 4.57. The highest BCUT2D eigenvalue weighted by atomic mass is 16.3. The second kappa shape index (κ2) is 5.98. The van der Waals surface area contributed by atoms with Gasteiger partial charge in [-0.25, -0.2) is 0 Å². The van der Waals surface area contributed by atoms with Gasteiger partial charge in [0.1, 0.15) is 5.75 Å². The predicted molar refractivity (Wildman–Crippen MR) is 61.2 cm³/mol. The zero-order chi connectivity index (χ0) is 11.1. The number of hydrogen-bond donors (Lipinski definition) is 2. The SMILES string of the molecule is CC/C=C(\CO)N=Cc1ccccc1O. The molecule has 0 aliphatic carbocycles. The van der Waals surface area contributed by atoms with Crippen LogP contribution >= 0.6 is 0 Å². The second-order valence-electron chi connectivity index (χ2n) is 3.08. The fourth-order valence-corrected chi connectivity index (χ4v) is 1.14. The van der Waals surface area contributed by atoms with Crippen molar-refractivity contribution >= 4 is 6.21 Å². The van der Waals surface area contributed by atoms with Crippen LogP contribution in [0.25, 0.3) is 0 Å². The molecule has 80 valence electrons. The lowest BCUT2D eigenvalue weighted by Crippen LogP contribution is -1.89. The van der Waals surface area contributed by atoms with Crippen LogP contribution in [-0.2, 0) is 0 Å². The van der Waals surface area contributed by atoms with E-state index in [0.717, 1.165) is 6.42 Å². The van der Waals surface area contributed by atoms with Crippen molar-refractivity contribution in [3.8, 4) is 5.75 Å². The number of aliphatic hydroxyl groups is 1. The molecule has 0 aliphatic heterocycles. The standard InChI is InChI=1S/C12H15NO2/c1-2-5-11(9-14)13-8-10-6-3-4-7-12(10)15/h3-8,14-15H,2,9H2,1H3/b11-5+,13-8?. The maximum absolute atomic E-state index is 9.45. The highest BCUT2D eigenvalue weighted by molar-refractivity contribution is 5.83. The molecule has 0 unspecified atom stereocenters. The molecule has 0 spiro atoms. The highest BCUT2D eigenvalue weighted by Crippen LogP contribution is 2.13. The number of phenolic OH excluding ortho intramolecular Hbond substituents is 1. The molecule has 15 heavy (non-hydrogen) atoms. The van der Waals surface area contributed by atoms with Gasteiger partial charge in [-0.1, -0.05) is 25.1 Å². The van der Waals surface area contributed by atoms with Gasteiger partial charge >= 0.3 is 0 Å². The molecule has 0 aliphatic rings. The van der Waals surface area contributed by atoms with Gasteiger partial charge in [-0.15, -0.1) is 0 Å². The van der Waals surface area contributed by atoms with Crippen molar-refractivity contribution in [1.82, 2.24) is 0 Å². The van der Waals surface area contributed by atoms with E-state index in [1.54, 1.807) is 24.4 Å². The maximum Gasteiger partial charge on any atom is 0.124 e. The van der Waals surface area contributed by atoms with Gasteiger partial charge in [0.2, 0.25) is 0 Å². The average Bonchev–Trinajstić information content (AvgIpc) is 2.26. The van der Waals surface area contributed by atoms with Crippen molar-refractivity contribution in [2.45, 2.75) is 13.3 Å². The summed E-state index contributed by atoms with van der Waals surface area (Å²) in [5.41, 5.74) is 1.26. The number of allylic oxidation sites excluding steroid dienone is 1. The summed E-state index contributed by atoms with van der Waals surface area (Å²) in [6, 6.07) is 6.94. The number of rotatable bonds is 4. The van der Waals surface area contributed by atoms with Crippen molar-refractivity contribution in [3.05, 3.63) is 41.6 Å². The minimum atomic E-state index is -0.0854. The normalized spacial score (nSPS) is 12.3. The molecule has 3 nitrogen and oxygen atoms in total. The number of para-hydroxylation sites is 1. The minimum Gasteiger partial charge on any atom is -0.507 e.